The van der Waals surface area contributed by atoms with E-state index in [9.17, 15) is 0 Å². The van der Waals surface area contributed by atoms with Gasteiger partial charge in [0.05, 0.1) is 0 Å². The van der Waals surface area contributed by atoms with Crippen molar-refractivity contribution in [2.45, 2.75) is 39.7 Å². The van der Waals surface area contributed by atoms with Crippen molar-refractivity contribution in [3.63, 3.8) is 0 Å². The molecule has 10 heavy (non-hydrogen) atoms. The third kappa shape index (κ3) is 0.619. The topological polar surface area (TPSA) is 26.0 Å². The molecular weight excluding hydrogens is 122 g/mol. The summed E-state index contributed by atoms with van der Waals surface area (Å²) in [5.41, 5.74) is 7.06. The smallest absolute Gasteiger partial charge is 0.0133 e. The number of rotatable bonds is 1. The molecule has 2 atom stereocenters. The maximum absolute atomic E-state index is 5.97. The van der Waals surface area contributed by atoms with Crippen molar-refractivity contribution in [2.75, 3.05) is 0 Å². The SMILES string of the molecule is CC1([C@H]2[C@H](N)C2(C)C)CC1. The Morgan fingerprint density at radius 1 is 1.20 bits per heavy atom. The Morgan fingerprint density at radius 2 is 1.60 bits per heavy atom. The fraction of sp³-hybridized carbons (Fsp3) is 1.00. The molecule has 58 valence electrons. The van der Waals surface area contributed by atoms with Gasteiger partial charge in [-0.05, 0) is 29.6 Å². The second-order valence-corrected chi connectivity index (χ2v) is 4.98. The molecule has 0 aromatic rings. The number of nitrogens with two attached hydrogens (primary N) is 1. The Hall–Kier alpha value is -0.0400. The lowest BCUT2D eigenvalue weighted by Gasteiger charge is -2.07. The summed E-state index contributed by atoms with van der Waals surface area (Å²) in [5, 5.41) is 0. The third-order valence-corrected chi connectivity index (χ3v) is 3.70. The molecule has 0 spiro atoms. The summed E-state index contributed by atoms with van der Waals surface area (Å²) < 4.78 is 0. The van der Waals surface area contributed by atoms with Gasteiger partial charge in [0.1, 0.15) is 0 Å². The highest BCUT2D eigenvalue weighted by molar-refractivity contribution is 5.18. The molecule has 0 amide bonds. The van der Waals surface area contributed by atoms with Crippen molar-refractivity contribution in [1.82, 2.24) is 0 Å². The lowest BCUT2D eigenvalue weighted by Crippen LogP contribution is -2.08. The molecule has 2 aliphatic carbocycles. The molecule has 2 N–H and O–H groups in total. The minimum absolute atomic E-state index is 0.450. The Kier molecular flexibility index (Phi) is 0.949. The third-order valence-electron chi connectivity index (χ3n) is 3.70. The predicted octanol–water partition coefficient (Wildman–Crippen LogP) is 1.77. The van der Waals surface area contributed by atoms with Crippen LogP contribution in [0.2, 0.25) is 0 Å². The maximum Gasteiger partial charge on any atom is 0.0133 e. The van der Waals surface area contributed by atoms with Crippen LogP contribution in [-0.2, 0) is 0 Å². The van der Waals surface area contributed by atoms with E-state index in [1.165, 1.54) is 12.8 Å². The standard InChI is InChI=1S/C9H17N/c1-8(2)6(7(8)10)9(3)4-5-9/h6-7H,4-5,10H2,1-3H3/t6-,7-/m0/s1. The molecule has 1 heteroatoms. The zero-order valence-electron chi connectivity index (χ0n) is 7.15. The predicted molar refractivity (Wildman–Crippen MR) is 42.6 cm³/mol. The zero-order valence-corrected chi connectivity index (χ0v) is 7.15. The van der Waals surface area contributed by atoms with Gasteiger partial charge in [-0.3, -0.25) is 0 Å². The van der Waals surface area contributed by atoms with E-state index in [0.29, 0.717) is 16.9 Å². The highest BCUT2D eigenvalue weighted by Crippen LogP contribution is 2.68. The van der Waals surface area contributed by atoms with Crippen LogP contribution in [0.15, 0.2) is 0 Å². The molecule has 0 radical (unpaired) electrons. The summed E-state index contributed by atoms with van der Waals surface area (Å²) in [6, 6.07) is 0.486. The molecule has 2 saturated carbocycles. The zero-order chi connectivity index (χ0) is 7.57. The van der Waals surface area contributed by atoms with Gasteiger partial charge in [0, 0.05) is 6.04 Å². The minimum Gasteiger partial charge on any atom is -0.327 e. The van der Waals surface area contributed by atoms with Crippen LogP contribution in [-0.4, -0.2) is 6.04 Å². The lowest BCUT2D eigenvalue weighted by atomic mass is 9.97. The first-order valence-corrected chi connectivity index (χ1v) is 4.24. The first-order chi connectivity index (χ1) is 4.48. The Balaban J connectivity index is 2.11. The van der Waals surface area contributed by atoms with Crippen molar-refractivity contribution >= 4 is 0 Å². The van der Waals surface area contributed by atoms with Crippen LogP contribution in [0.25, 0.3) is 0 Å². The maximum atomic E-state index is 5.97. The fourth-order valence-electron chi connectivity index (χ4n) is 2.52. The highest BCUT2D eigenvalue weighted by atomic mass is 14.9. The van der Waals surface area contributed by atoms with Crippen molar-refractivity contribution in [3.05, 3.63) is 0 Å². The van der Waals surface area contributed by atoms with E-state index in [2.05, 4.69) is 20.8 Å². The van der Waals surface area contributed by atoms with Crippen LogP contribution in [0, 0.1) is 16.7 Å². The molecule has 0 aliphatic heterocycles. The van der Waals surface area contributed by atoms with Gasteiger partial charge in [-0.2, -0.15) is 0 Å². The van der Waals surface area contributed by atoms with Crippen molar-refractivity contribution in [1.29, 1.82) is 0 Å². The molecule has 0 saturated heterocycles. The molecule has 0 aromatic carbocycles. The molecule has 2 fully saturated rings. The second-order valence-electron chi connectivity index (χ2n) is 4.98. The van der Waals surface area contributed by atoms with E-state index in [4.69, 9.17) is 5.73 Å². The Labute approximate surface area is 63.0 Å². The average molecular weight is 139 g/mol. The second kappa shape index (κ2) is 1.42. The summed E-state index contributed by atoms with van der Waals surface area (Å²) in [6.45, 7) is 6.98. The molecular formula is C9H17N. The van der Waals surface area contributed by atoms with Crippen molar-refractivity contribution < 1.29 is 0 Å². The minimum atomic E-state index is 0.450. The van der Waals surface area contributed by atoms with Gasteiger partial charge >= 0.3 is 0 Å². The van der Waals surface area contributed by atoms with E-state index in [0.717, 1.165) is 5.92 Å². The molecule has 2 aliphatic rings. The molecule has 0 unspecified atom stereocenters. The van der Waals surface area contributed by atoms with E-state index in [1.54, 1.807) is 0 Å². The molecule has 2 rings (SSSR count). The Bertz CT molecular complexity index is 163. The van der Waals surface area contributed by atoms with E-state index in [1.807, 2.05) is 0 Å². The first kappa shape index (κ1) is 6.66. The van der Waals surface area contributed by atoms with Gasteiger partial charge in [-0.15, -0.1) is 0 Å². The van der Waals surface area contributed by atoms with Crippen LogP contribution in [0.1, 0.15) is 33.6 Å². The summed E-state index contributed by atoms with van der Waals surface area (Å²) >= 11 is 0. The van der Waals surface area contributed by atoms with Gasteiger partial charge in [0.2, 0.25) is 0 Å². The van der Waals surface area contributed by atoms with E-state index < -0.39 is 0 Å². The van der Waals surface area contributed by atoms with Crippen LogP contribution >= 0.6 is 0 Å². The van der Waals surface area contributed by atoms with Crippen molar-refractivity contribution in [2.24, 2.45) is 22.5 Å². The highest BCUT2D eigenvalue weighted by Gasteiger charge is 2.66. The van der Waals surface area contributed by atoms with Crippen LogP contribution in [0.5, 0.6) is 0 Å². The summed E-state index contributed by atoms with van der Waals surface area (Å²) in [4.78, 5) is 0. The summed E-state index contributed by atoms with van der Waals surface area (Å²) in [7, 11) is 0. The Morgan fingerprint density at radius 3 is 1.70 bits per heavy atom. The first-order valence-electron chi connectivity index (χ1n) is 4.24. The van der Waals surface area contributed by atoms with E-state index >= 15 is 0 Å². The van der Waals surface area contributed by atoms with Gasteiger partial charge in [-0.1, -0.05) is 20.8 Å². The average Bonchev–Trinajstić information content (AvgIpc) is 2.57. The van der Waals surface area contributed by atoms with Gasteiger partial charge in [0.15, 0.2) is 0 Å². The monoisotopic (exact) mass is 139 g/mol. The van der Waals surface area contributed by atoms with Gasteiger partial charge in [0.25, 0.3) is 0 Å². The molecule has 0 heterocycles. The molecule has 1 nitrogen and oxygen atoms in total. The quantitative estimate of drug-likeness (QED) is 0.588. The van der Waals surface area contributed by atoms with Gasteiger partial charge in [-0.25, -0.2) is 0 Å². The van der Waals surface area contributed by atoms with E-state index in [-0.39, 0.29) is 0 Å². The fourth-order valence-corrected chi connectivity index (χ4v) is 2.52. The largest absolute Gasteiger partial charge is 0.327 e. The number of hydrogen-bond acceptors (Lipinski definition) is 1. The normalized spacial score (nSPS) is 46.8. The number of hydrogen-bond donors (Lipinski definition) is 1. The molecule has 0 bridgehead atoms. The van der Waals surface area contributed by atoms with Crippen LogP contribution in [0.4, 0.5) is 0 Å². The van der Waals surface area contributed by atoms with Crippen molar-refractivity contribution in [3.8, 4) is 0 Å². The van der Waals surface area contributed by atoms with Crippen LogP contribution in [0.3, 0.4) is 0 Å². The summed E-state index contributed by atoms with van der Waals surface area (Å²) in [5.74, 6) is 0.819. The summed E-state index contributed by atoms with van der Waals surface area (Å²) in [6.07, 6.45) is 2.82. The lowest BCUT2D eigenvalue weighted by molar-refractivity contribution is 0.403. The molecule has 0 aromatic heterocycles. The van der Waals surface area contributed by atoms with Gasteiger partial charge < -0.3 is 5.73 Å². The van der Waals surface area contributed by atoms with Crippen LogP contribution < -0.4 is 5.73 Å².